The van der Waals surface area contributed by atoms with Crippen LogP contribution in [0.25, 0.3) is 76.8 Å². The molecule has 1 heterocycles. The standard InChI is InChI=1S/C43H22B11N2O2/c1-19(44)34(45)38(49)33-29(21-10-8-11-22(17-21)56-28-16-7-6-15-27(28)55-41(56)42(52,53)43(54,57)58)31-32(37(48)40(51)39(50)36(31)47)30(35(33)46)26-18-20-9-2-3-12-23(20)24-13-4-5-14-25(24)26/h2-18,57-58H,1H3/b34-19-,38-33+. The van der Waals surface area contributed by atoms with Crippen molar-refractivity contribution in [3.63, 3.8) is 0 Å². The molecular formula is C43H22B11N2O2. The Bertz CT molecular complexity index is 3200. The molecule has 21 radical (unpaired) electrons. The number of hydrogen-bond donors (Lipinski definition) is 2. The molecule has 0 atom stereocenters. The minimum atomic E-state index is -3.08. The van der Waals surface area contributed by atoms with E-state index >= 15 is 0 Å². The molecule has 8 aromatic rings. The average Bonchev–Trinajstić information content (AvgIpc) is 3.61. The van der Waals surface area contributed by atoms with Crippen LogP contribution in [0.5, 0.6) is 0 Å². The Morgan fingerprint density at radius 3 is 1.90 bits per heavy atom. The minimum absolute atomic E-state index is 0.0497. The second kappa shape index (κ2) is 14.4. The van der Waals surface area contributed by atoms with Crippen LogP contribution in [-0.4, -0.2) is 111 Å². The van der Waals surface area contributed by atoms with Crippen molar-refractivity contribution in [1.29, 1.82) is 0 Å². The van der Waals surface area contributed by atoms with Gasteiger partial charge in [-0.3, -0.25) is 0 Å². The molecule has 1 aromatic heterocycles. The summed E-state index contributed by atoms with van der Waals surface area (Å²) >= 11 is 0. The van der Waals surface area contributed by atoms with Gasteiger partial charge >= 0.3 is 352 Å². The summed E-state index contributed by atoms with van der Waals surface area (Å²) in [7, 11) is 73.1. The zero-order valence-corrected chi connectivity index (χ0v) is 31.5. The van der Waals surface area contributed by atoms with Crippen molar-refractivity contribution in [2.24, 2.45) is 0 Å². The first-order chi connectivity index (χ1) is 27.5. The van der Waals surface area contributed by atoms with Crippen molar-refractivity contribution in [1.82, 2.24) is 9.55 Å². The summed E-state index contributed by atoms with van der Waals surface area (Å²) in [4.78, 5) is 4.59. The van der Waals surface area contributed by atoms with Crippen LogP contribution in [-0.2, 0) is 5.21 Å². The second-order valence-corrected chi connectivity index (χ2v) is 14.5. The maximum absolute atomic E-state index is 10.5. The number of benzene rings is 7. The fraction of sp³-hybridized carbons (Fsp3) is 0.0698. The molecule has 249 valence electrons. The molecule has 0 aliphatic heterocycles. The second-order valence-electron chi connectivity index (χ2n) is 14.5. The first-order valence-electron chi connectivity index (χ1n) is 18.1. The Morgan fingerprint density at radius 1 is 0.655 bits per heavy atom. The maximum atomic E-state index is 10.5. The predicted molar refractivity (Wildman–Crippen MR) is 250 cm³/mol. The van der Waals surface area contributed by atoms with Gasteiger partial charge in [-0.05, 0) is 0 Å². The molecule has 0 unspecified atom stereocenters. The van der Waals surface area contributed by atoms with E-state index in [1.807, 2.05) is 48.5 Å². The van der Waals surface area contributed by atoms with E-state index in [1.54, 1.807) is 60.0 Å². The molecule has 0 aliphatic rings. The first kappa shape index (κ1) is 39.8. The van der Waals surface area contributed by atoms with E-state index in [9.17, 15) is 10.2 Å². The van der Waals surface area contributed by atoms with Crippen molar-refractivity contribution in [2.75, 3.05) is 0 Å². The topological polar surface area (TPSA) is 58.3 Å². The zero-order valence-electron chi connectivity index (χ0n) is 31.5. The summed E-state index contributed by atoms with van der Waals surface area (Å²) in [6.45, 7) is 1.62. The molecule has 0 spiro atoms. The molecule has 2 N–H and O–H groups in total. The molecule has 15 heteroatoms. The third-order valence-electron chi connectivity index (χ3n) is 10.9. The summed E-state index contributed by atoms with van der Waals surface area (Å²) in [6, 6.07) is 32.1. The SMILES string of the molecule is [B]/C(C)=C([B])/C([B])=c1/c(-c2cccc(-n3c(C([B])([B])C([B])(O)O)nc4ccccc43)c2)c2c([B])c([B])c([B])c([B])c2c(-c2cc3ccccc3c3ccccc23)c1=[B]. The first-order valence-corrected chi connectivity index (χ1v) is 18.1. The van der Waals surface area contributed by atoms with Crippen LogP contribution in [0.3, 0.4) is 0 Å². The van der Waals surface area contributed by atoms with Crippen LogP contribution in [0.1, 0.15) is 12.7 Å². The molecule has 4 nitrogen and oxygen atoms in total. The van der Waals surface area contributed by atoms with Gasteiger partial charge in [0.25, 0.3) is 0 Å². The third-order valence-corrected chi connectivity index (χ3v) is 10.9. The van der Waals surface area contributed by atoms with Gasteiger partial charge in [0.2, 0.25) is 0 Å². The Hall–Kier alpha value is -4.97. The Balaban J connectivity index is 1.60. The number of imidazole rings is 1. The van der Waals surface area contributed by atoms with Gasteiger partial charge in [-0.15, -0.1) is 0 Å². The number of rotatable bonds is 6. The van der Waals surface area contributed by atoms with Crippen molar-refractivity contribution >= 4 is 157 Å². The third kappa shape index (κ3) is 6.07. The molecule has 0 bridgehead atoms. The van der Waals surface area contributed by atoms with Crippen LogP contribution in [0.15, 0.2) is 114 Å². The number of allylic oxidation sites excluding steroid dienone is 2. The molecule has 8 rings (SSSR count). The molecule has 0 aliphatic carbocycles. The van der Waals surface area contributed by atoms with Gasteiger partial charge in [-0.1, -0.05) is 0 Å². The number of nitrogens with zero attached hydrogens (tertiary/aromatic N) is 2. The number of aliphatic hydroxyl groups is 2. The molecule has 58 heavy (non-hydrogen) atoms. The normalized spacial score (nSPS) is 13.3. The van der Waals surface area contributed by atoms with Gasteiger partial charge in [0.1, 0.15) is 0 Å². The quantitative estimate of drug-likeness (QED) is 0.150. The van der Waals surface area contributed by atoms with Gasteiger partial charge in [0.05, 0.1) is 0 Å². The number of fused-ring (bicyclic) bond motifs is 5. The molecule has 0 amide bonds. The van der Waals surface area contributed by atoms with E-state index in [0.29, 0.717) is 49.4 Å². The van der Waals surface area contributed by atoms with E-state index in [2.05, 4.69) is 11.1 Å². The predicted octanol–water partition coefficient (Wildman–Crippen LogP) is 0.556. The summed E-state index contributed by atoms with van der Waals surface area (Å²) < 4.78 is 1.57. The van der Waals surface area contributed by atoms with Gasteiger partial charge in [-0.25, -0.2) is 0 Å². The van der Waals surface area contributed by atoms with E-state index < -0.39 is 10.9 Å². The monoisotopic (exact) mass is 719 g/mol. The molecular weight excluding hydrogens is 695 g/mol. The molecule has 0 saturated heterocycles. The Morgan fingerprint density at radius 2 is 1.24 bits per heavy atom. The van der Waals surface area contributed by atoms with E-state index in [1.165, 1.54) is 0 Å². The van der Waals surface area contributed by atoms with Crippen molar-refractivity contribution in [3.8, 4) is 27.9 Å². The van der Waals surface area contributed by atoms with Crippen LogP contribution < -0.4 is 27.1 Å². The summed E-state index contributed by atoms with van der Waals surface area (Å²) in [5, 5.41) is 23.8. The summed E-state index contributed by atoms with van der Waals surface area (Å²) in [5.41, 5.74) is 1.21. The number of hydrogen-bond acceptors (Lipinski definition) is 3. The van der Waals surface area contributed by atoms with Crippen molar-refractivity contribution in [2.45, 2.75) is 17.8 Å². The molecule has 7 aromatic carbocycles. The molecule has 0 fully saturated rings. The van der Waals surface area contributed by atoms with Gasteiger partial charge in [0, 0.05) is 0 Å². The van der Waals surface area contributed by atoms with Gasteiger partial charge < -0.3 is 0 Å². The van der Waals surface area contributed by atoms with Crippen LogP contribution in [0.2, 0.25) is 0 Å². The van der Waals surface area contributed by atoms with E-state index in [-0.39, 0.29) is 49.2 Å². The van der Waals surface area contributed by atoms with Crippen LogP contribution >= 0.6 is 0 Å². The average molecular weight is 718 g/mol. The summed E-state index contributed by atoms with van der Waals surface area (Å²) in [5.74, 6) is -0.153. The van der Waals surface area contributed by atoms with Crippen LogP contribution in [0.4, 0.5) is 0 Å². The fourth-order valence-corrected chi connectivity index (χ4v) is 7.85. The Labute approximate surface area is 350 Å². The Kier molecular flexibility index (Phi) is 9.89. The number of aromatic nitrogens is 2. The summed E-state index contributed by atoms with van der Waals surface area (Å²) in [6.07, 6.45) is 0. The van der Waals surface area contributed by atoms with E-state index in [0.717, 1.165) is 27.1 Å². The zero-order chi connectivity index (χ0) is 41.6. The van der Waals surface area contributed by atoms with Gasteiger partial charge in [0.15, 0.2) is 0 Å². The fourth-order valence-electron chi connectivity index (χ4n) is 7.85. The van der Waals surface area contributed by atoms with Crippen LogP contribution in [0, 0.1) is 5.11 Å². The number of para-hydroxylation sites is 2. The molecule has 0 saturated carbocycles. The van der Waals surface area contributed by atoms with Crippen molar-refractivity contribution < 1.29 is 10.2 Å². The van der Waals surface area contributed by atoms with E-state index in [4.69, 9.17) is 86.0 Å². The van der Waals surface area contributed by atoms with Crippen molar-refractivity contribution in [3.05, 3.63) is 130 Å². The van der Waals surface area contributed by atoms with Gasteiger partial charge in [-0.2, -0.15) is 0 Å².